The summed E-state index contributed by atoms with van der Waals surface area (Å²) in [6.45, 7) is 4.68. The van der Waals surface area contributed by atoms with Crippen molar-refractivity contribution in [1.82, 2.24) is 0 Å². The molecule has 2 atom stereocenters. The van der Waals surface area contributed by atoms with Crippen molar-refractivity contribution in [3.63, 3.8) is 0 Å². The summed E-state index contributed by atoms with van der Waals surface area (Å²) in [5.74, 6) is -2.27. The molecular formula is C73H131NO8. The average molecular weight is 1150 g/mol. The molecule has 2 unspecified atom stereocenters. The van der Waals surface area contributed by atoms with Gasteiger partial charge in [0.1, 0.15) is 13.2 Å². The number of aliphatic carboxylic acids is 1. The highest BCUT2D eigenvalue weighted by molar-refractivity contribution is 5.70. The number of likely N-dealkylation sites (N-methyl/N-ethyl adjacent to an activating group) is 1. The molecule has 0 N–H and O–H groups in total. The first kappa shape index (κ1) is 78.7. The fraction of sp³-hybridized carbons (Fsp3) is 0.795. The second-order valence-corrected chi connectivity index (χ2v) is 24.4. The molecule has 0 aliphatic rings. The monoisotopic (exact) mass is 1150 g/mol. The Hall–Kier alpha value is -3.27. The summed E-state index contributed by atoms with van der Waals surface area (Å²) in [4.78, 5) is 37.5. The van der Waals surface area contributed by atoms with Crippen LogP contribution < -0.4 is 5.11 Å². The number of carboxylic acids is 1. The molecule has 476 valence electrons. The van der Waals surface area contributed by atoms with E-state index in [2.05, 4.69) is 86.8 Å². The number of carboxylic acid groups (broad SMARTS) is 1. The maximum Gasteiger partial charge on any atom is 0.306 e. The van der Waals surface area contributed by atoms with Crippen molar-refractivity contribution >= 4 is 17.9 Å². The second kappa shape index (κ2) is 63.7. The fourth-order valence-corrected chi connectivity index (χ4v) is 9.96. The van der Waals surface area contributed by atoms with Gasteiger partial charge in [-0.05, 0) is 64.2 Å². The molecule has 0 saturated heterocycles. The average Bonchev–Trinajstić information content (AvgIpc) is 3.45. The summed E-state index contributed by atoms with van der Waals surface area (Å²) < 4.78 is 22.8. The first-order valence-electron chi connectivity index (χ1n) is 34.6. The maximum atomic E-state index is 12.9. The van der Waals surface area contributed by atoms with E-state index in [1.165, 1.54) is 205 Å². The van der Waals surface area contributed by atoms with Gasteiger partial charge in [-0.1, -0.05) is 311 Å². The van der Waals surface area contributed by atoms with Crippen LogP contribution in [0.2, 0.25) is 0 Å². The Morgan fingerprint density at radius 3 is 1.04 bits per heavy atom. The SMILES string of the molecule is CC/C=C\C/C=C\C/C=C\C/C=C\C/C=C\C/C=C\CCCCCCCCCCCCCCCCC(=O)OC(COC(=O)CCCCCCCCCCCCCCCCCCCCCCCCCC)COC(OCC[N+](C)(C)C)C(=O)[O-]. The summed E-state index contributed by atoms with van der Waals surface area (Å²) in [7, 11) is 5.94. The highest BCUT2D eigenvalue weighted by Gasteiger charge is 2.22. The van der Waals surface area contributed by atoms with E-state index in [0.717, 1.165) is 77.0 Å². The van der Waals surface area contributed by atoms with Crippen LogP contribution in [0.5, 0.6) is 0 Å². The molecule has 0 spiro atoms. The van der Waals surface area contributed by atoms with E-state index in [1.54, 1.807) is 0 Å². The minimum Gasteiger partial charge on any atom is -0.545 e. The molecule has 0 aromatic rings. The third-order valence-corrected chi connectivity index (χ3v) is 15.2. The van der Waals surface area contributed by atoms with Gasteiger partial charge in [0, 0.05) is 12.8 Å². The van der Waals surface area contributed by atoms with Crippen LogP contribution in [0.25, 0.3) is 0 Å². The number of carbonyl (C=O) groups excluding carboxylic acids is 3. The van der Waals surface area contributed by atoms with E-state index in [9.17, 15) is 19.5 Å². The van der Waals surface area contributed by atoms with Gasteiger partial charge in [-0.2, -0.15) is 0 Å². The van der Waals surface area contributed by atoms with Gasteiger partial charge in [-0.25, -0.2) is 0 Å². The van der Waals surface area contributed by atoms with Gasteiger partial charge >= 0.3 is 11.9 Å². The van der Waals surface area contributed by atoms with E-state index in [1.807, 2.05) is 21.1 Å². The molecule has 0 aliphatic carbocycles. The highest BCUT2D eigenvalue weighted by atomic mass is 16.7. The Labute approximate surface area is 507 Å². The first-order valence-corrected chi connectivity index (χ1v) is 34.6. The third-order valence-electron chi connectivity index (χ3n) is 15.2. The lowest BCUT2D eigenvalue weighted by atomic mass is 10.0. The predicted octanol–water partition coefficient (Wildman–Crippen LogP) is 20.0. The number of rotatable bonds is 64. The van der Waals surface area contributed by atoms with Crippen molar-refractivity contribution in [2.45, 2.75) is 328 Å². The number of unbranched alkanes of at least 4 members (excludes halogenated alkanes) is 37. The van der Waals surface area contributed by atoms with Gasteiger partial charge in [0.2, 0.25) is 0 Å². The molecule has 0 aromatic carbocycles. The predicted molar refractivity (Wildman–Crippen MR) is 348 cm³/mol. The molecule has 9 heteroatoms. The molecule has 0 radical (unpaired) electrons. The smallest absolute Gasteiger partial charge is 0.306 e. The number of hydrogen-bond acceptors (Lipinski definition) is 8. The summed E-state index contributed by atoms with van der Waals surface area (Å²) in [6.07, 6.45) is 81.2. The summed E-state index contributed by atoms with van der Waals surface area (Å²) in [5, 5.41) is 11.8. The Bertz CT molecular complexity index is 1570. The Balaban J connectivity index is 4.10. The van der Waals surface area contributed by atoms with Crippen molar-refractivity contribution in [2.75, 3.05) is 47.5 Å². The summed E-state index contributed by atoms with van der Waals surface area (Å²) in [5.41, 5.74) is 0. The quantitative estimate of drug-likeness (QED) is 0.0195. The molecule has 0 fully saturated rings. The van der Waals surface area contributed by atoms with E-state index in [0.29, 0.717) is 23.9 Å². The topological polar surface area (TPSA) is 111 Å². The number of ether oxygens (including phenoxy) is 4. The van der Waals surface area contributed by atoms with Crippen molar-refractivity contribution in [3.05, 3.63) is 72.9 Å². The van der Waals surface area contributed by atoms with Crippen molar-refractivity contribution < 1.29 is 42.9 Å². The van der Waals surface area contributed by atoms with Crippen LogP contribution >= 0.6 is 0 Å². The number of hydrogen-bond donors (Lipinski definition) is 0. The molecule has 0 rings (SSSR count). The largest absolute Gasteiger partial charge is 0.545 e. The maximum absolute atomic E-state index is 12.9. The zero-order valence-corrected chi connectivity index (χ0v) is 54.4. The molecule has 9 nitrogen and oxygen atoms in total. The second-order valence-electron chi connectivity index (χ2n) is 24.4. The number of nitrogens with zero attached hydrogens (tertiary/aromatic N) is 1. The van der Waals surface area contributed by atoms with Gasteiger partial charge in [0.15, 0.2) is 12.4 Å². The van der Waals surface area contributed by atoms with Crippen LogP contribution in [0.15, 0.2) is 72.9 Å². The zero-order chi connectivity index (χ0) is 59.8. The molecule has 0 amide bonds. The van der Waals surface area contributed by atoms with Crippen LogP contribution in [-0.4, -0.2) is 82.3 Å². The van der Waals surface area contributed by atoms with Crippen molar-refractivity contribution in [1.29, 1.82) is 0 Å². The lowest BCUT2D eigenvalue weighted by Gasteiger charge is -2.26. The minimum atomic E-state index is -1.62. The van der Waals surface area contributed by atoms with E-state index in [-0.39, 0.29) is 32.2 Å². The standard InChI is InChI=1S/C73H131NO8/c1-6-8-10-12-14-16-18-20-22-24-26-28-30-32-33-34-35-36-37-38-39-40-42-44-46-48-50-52-54-56-58-60-62-64-71(76)82-69(68-81-73(72(77)78)79-66-65-74(3,4)5)67-80-70(75)63-61-59-57-55-53-51-49-47-45-43-41-31-29-27-25-23-21-19-17-15-13-11-9-7-2/h8,10,14,16,20,22,26,28,32-33,35-36,69,73H,6-7,9,11-13,15,17-19,21,23-25,27,29-31,34,37-68H2,1-5H3/b10-8-,16-14-,22-20-,28-26-,33-32-,36-35-. The highest BCUT2D eigenvalue weighted by Crippen LogP contribution is 2.18. The Kier molecular flexibility index (Phi) is 61.2. The Morgan fingerprint density at radius 1 is 0.378 bits per heavy atom. The molecule has 82 heavy (non-hydrogen) atoms. The van der Waals surface area contributed by atoms with Gasteiger partial charge in [-0.15, -0.1) is 0 Å². The normalized spacial score (nSPS) is 13.1. The van der Waals surface area contributed by atoms with Gasteiger partial charge in [0.25, 0.3) is 0 Å². The van der Waals surface area contributed by atoms with Crippen molar-refractivity contribution in [3.8, 4) is 0 Å². The Morgan fingerprint density at radius 2 is 0.695 bits per heavy atom. The van der Waals surface area contributed by atoms with Gasteiger partial charge in [0.05, 0.1) is 40.3 Å². The number of esters is 2. The van der Waals surface area contributed by atoms with Crippen LogP contribution in [0.4, 0.5) is 0 Å². The molecular weight excluding hydrogens is 1020 g/mol. The number of quaternary nitrogens is 1. The number of carbonyl (C=O) groups is 3. The molecule has 0 bridgehead atoms. The molecule has 0 aliphatic heterocycles. The fourth-order valence-electron chi connectivity index (χ4n) is 9.96. The lowest BCUT2D eigenvalue weighted by molar-refractivity contribution is -0.870. The third kappa shape index (κ3) is 64.3. The van der Waals surface area contributed by atoms with Gasteiger partial charge in [-0.3, -0.25) is 9.59 Å². The van der Waals surface area contributed by atoms with Crippen LogP contribution in [0, 0.1) is 0 Å². The summed E-state index contributed by atoms with van der Waals surface area (Å²) in [6, 6.07) is 0. The zero-order valence-electron chi connectivity index (χ0n) is 54.4. The number of allylic oxidation sites excluding steroid dienone is 12. The molecule has 0 aromatic heterocycles. The van der Waals surface area contributed by atoms with Crippen molar-refractivity contribution in [2.24, 2.45) is 0 Å². The first-order chi connectivity index (χ1) is 40.1. The summed E-state index contributed by atoms with van der Waals surface area (Å²) >= 11 is 0. The van der Waals surface area contributed by atoms with E-state index in [4.69, 9.17) is 18.9 Å². The van der Waals surface area contributed by atoms with E-state index < -0.39 is 24.3 Å². The van der Waals surface area contributed by atoms with E-state index >= 15 is 0 Å². The minimum absolute atomic E-state index is 0.148. The van der Waals surface area contributed by atoms with Crippen LogP contribution in [-0.2, 0) is 33.3 Å². The lowest BCUT2D eigenvalue weighted by Crippen LogP contribution is -2.44. The van der Waals surface area contributed by atoms with Crippen LogP contribution in [0.1, 0.15) is 316 Å². The molecule has 0 heterocycles. The van der Waals surface area contributed by atoms with Crippen LogP contribution in [0.3, 0.4) is 0 Å². The van der Waals surface area contributed by atoms with Gasteiger partial charge < -0.3 is 33.3 Å². The molecule has 0 saturated carbocycles.